The van der Waals surface area contributed by atoms with E-state index in [-0.39, 0.29) is 0 Å². The minimum Gasteiger partial charge on any atom is -0.508 e. The van der Waals surface area contributed by atoms with E-state index in [0.717, 1.165) is 11.3 Å². The summed E-state index contributed by atoms with van der Waals surface area (Å²) >= 11 is 0. The van der Waals surface area contributed by atoms with Crippen LogP contribution in [0.5, 0.6) is 5.75 Å². The molecule has 0 amide bonds. The van der Waals surface area contributed by atoms with E-state index in [1.54, 1.807) is 23.3 Å². The molecule has 1 aromatic carbocycles. The standard InChI is InChI=1S/C9H9N3O/c1-7-4-8(2-3-9(7)13)12-5-10-11-6-12/h2-6,13H,1H3. The van der Waals surface area contributed by atoms with Crippen LogP contribution < -0.4 is 0 Å². The van der Waals surface area contributed by atoms with Crippen molar-refractivity contribution in [2.75, 3.05) is 0 Å². The molecule has 0 aliphatic heterocycles. The van der Waals surface area contributed by atoms with Crippen molar-refractivity contribution in [3.05, 3.63) is 36.4 Å². The Balaban J connectivity index is 2.49. The number of hydrogen-bond acceptors (Lipinski definition) is 3. The van der Waals surface area contributed by atoms with Crippen molar-refractivity contribution in [3.8, 4) is 11.4 Å². The van der Waals surface area contributed by atoms with Gasteiger partial charge in [0.15, 0.2) is 0 Å². The van der Waals surface area contributed by atoms with Crippen LogP contribution >= 0.6 is 0 Å². The molecule has 0 unspecified atom stereocenters. The SMILES string of the molecule is Cc1cc(-n2cnnc2)ccc1O. The molecule has 4 nitrogen and oxygen atoms in total. The molecule has 0 saturated heterocycles. The molecule has 0 atom stereocenters. The van der Waals surface area contributed by atoms with Gasteiger partial charge in [-0.2, -0.15) is 0 Å². The van der Waals surface area contributed by atoms with Crippen LogP contribution in [0.3, 0.4) is 0 Å². The van der Waals surface area contributed by atoms with Crippen LogP contribution in [0.2, 0.25) is 0 Å². The number of phenolic OH excluding ortho intramolecular Hbond substituents is 1. The monoisotopic (exact) mass is 175 g/mol. The summed E-state index contributed by atoms with van der Waals surface area (Å²) in [6, 6.07) is 5.34. The number of aromatic nitrogens is 3. The molecule has 66 valence electrons. The average Bonchev–Trinajstić information content (AvgIpc) is 2.62. The first kappa shape index (κ1) is 7.79. The molecule has 0 bridgehead atoms. The Morgan fingerprint density at radius 3 is 2.54 bits per heavy atom. The van der Waals surface area contributed by atoms with Crippen molar-refractivity contribution >= 4 is 0 Å². The highest BCUT2D eigenvalue weighted by atomic mass is 16.3. The van der Waals surface area contributed by atoms with E-state index >= 15 is 0 Å². The summed E-state index contributed by atoms with van der Waals surface area (Å²) in [5, 5.41) is 16.7. The van der Waals surface area contributed by atoms with Crippen LogP contribution in [0.1, 0.15) is 5.56 Å². The van der Waals surface area contributed by atoms with Gasteiger partial charge in [-0.25, -0.2) is 0 Å². The Kier molecular flexibility index (Phi) is 1.73. The molecule has 2 rings (SSSR count). The summed E-state index contributed by atoms with van der Waals surface area (Å²) in [5.41, 5.74) is 1.78. The minimum absolute atomic E-state index is 0.303. The molecule has 1 aromatic heterocycles. The first-order chi connectivity index (χ1) is 6.27. The summed E-state index contributed by atoms with van der Waals surface area (Å²) in [6.07, 6.45) is 3.23. The summed E-state index contributed by atoms with van der Waals surface area (Å²) in [6.45, 7) is 1.85. The number of hydrogen-bond donors (Lipinski definition) is 1. The summed E-state index contributed by atoms with van der Waals surface area (Å²) < 4.78 is 1.78. The van der Waals surface area contributed by atoms with Gasteiger partial charge in [0.05, 0.1) is 0 Å². The van der Waals surface area contributed by atoms with Crippen molar-refractivity contribution in [2.45, 2.75) is 6.92 Å². The van der Waals surface area contributed by atoms with E-state index in [9.17, 15) is 5.11 Å². The third-order valence-corrected chi connectivity index (χ3v) is 1.90. The lowest BCUT2D eigenvalue weighted by Crippen LogP contribution is -1.90. The third kappa shape index (κ3) is 1.38. The second-order valence-electron chi connectivity index (χ2n) is 2.84. The molecule has 0 spiro atoms. The van der Waals surface area contributed by atoms with Gasteiger partial charge >= 0.3 is 0 Å². The summed E-state index contributed by atoms with van der Waals surface area (Å²) in [7, 11) is 0. The molecular weight excluding hydrogens is 166 g/mol. The van der Waals surface area contributed by atoms with Gasteiger partial charge in [0.1, 0.15) is 18.4 Å². The van der Waals surface area contributed by atoms with Gasteiger partial charge in [-0.15, -0.1) is 10.2 Å². The maximum atomic E-state index is 9.30. The van der Waals surface area contributed by atoms with Crippen LogP contribution in [0.4, 0.5) is 0 Å². The topological polar surface area (TPSA) is 50.9 Å². The fraction of sp³-hybridized carbons (Fsp3) is 0.111. The van der Waals surface area contributed by atoms with Crippen LogP contribution in [-0.2, 0) is 0 Å². The fourth-order valence-corrected chi connectivity index (χ4v) is 1.13. The predicted molar refractivity (Wildman–Crippen MR) is 47.8 cm³/mol. The molecule has 0 fully saturated rings. The minimum atomic E-state index is 0.303. The van der Waals surface area contributed by atoms with Crippen molar-refractivity contribution < 1.29 is 5.11 Å². The summed E-state index contributed by atoms with van der Waals surface area (Å²) in [5.74, 6) is 0.303. The fourth-order valence-electron chi connectivity index (χ4n) is 1.13. The average molecular weight is 175 g/mol. The Morgan fingerprint density at radius 2 is 1.92 bits per heavy atom. The van der Waals surface area contributed by atoms with E-state index in [0.29, 0.717) is 5.75 Å². The van der Waals surface area contributed by atoms with Crippen molar-refractivity contribution in [1.29, 1.82) is 0 Å². The van der Waals surface area contributed by atoms with E-state index in [4.69, 9.17) is 0 Å². The van der Waals surface area contributed by atoms with Gasteiger partial charge in [0, 0.05) is 5.69 Å². The second kappa shape index (κ2) is 2.90. The van der Waals surface area contributed by atoms with Gasteiger partial charge in [-0.3, -0.25) is 4.57 Å². The van der Waals surface area contributed by atoms with Crippen LogP contribution in [0.25, 0.3) is 5.69 Å². The van der Waals surface area contributed by atoms with Crippen LogP contribution in [-0.4, -0.2) is 19.9 Å². The number of phenols is 1. The quantitative estimate of drug-likeness (QED) is 0.710. The molecule has 0 saturated carbocycles. The number of aromatic hydroxyl groups is 1. The zero-order chi connectivity index (χ0) is 9.26. The zero-order valence-corrected chi connectivity index (χ0v) is 7.18. The third-order valence-electron chi connectivity index (χ3n) is 1.90. The molecule has 2 aromatic rings. The number of nitrogens with zero attached hydrogens (tertiary/aromatic N) is 3. The zero-order valence-electron chi connectivity index (χ0n) is 7.18. The van der Waals surface area contributed by atoms with E-state index in [1.165, 1.54) is 0 Å². The molecule has 0 aliphatic carbocycles. The van der Waals surface area contributed by atoms with E-state index < -0.39 is 0 Å². The smallest absolute Gasteiger partial charge is 0.123 e. The highest BCUT2D eigenvalue weighted by molar-refractivity contribution is 5.42. The first-order valence-corrected chi connectivity index (χ1v) is 3.92. The van der Waals surface area contributed by atoms with Crippen LogP contribution in [0.15, 0.2) is 30.9 Å². The van der Waals surface area contributed by atoms with Crippen LogP contribution in [0, 0.1) is 6.92 Å². The van der Waals surface area contributed by atoms with Gasteiger partial charge in [0.2, 0.25) is 0 Å². The van der Waals surface area contributed by atoms with Gasteiger partial charge in [-0.1, -0.05) is 0 Å². The Labute approximate surface area is 75.5 Å². The Hall–Kier alpha value is -1.84. The highest BCUT2D eigenvalue weighted by Crippen LogP contribution is 2.18. The Bertz CT molecular complexity index is 409. The van der Waals surface area contributed by atoms with E-state index in [2.05, 4.69) is 10.2 Å². The van der Waals surface area contributed by atoms with Crippen molar-refractivity contribution in [1.82, 2.24) is 14.8 Å². The lowest BCUT2D eigenvalue weighted by Gasteiger charge is -2.03. The van der Waals surface area contributed by atoms with Gasteiger partial charge < -0.3 is 5.11 Å². The highest BCUT2D eigenvalue weighted by Gasteiger charge is 1.99. The molecule has 0 aliphatic rings. The van der Waals surface area contributed by atoms with Gasteiger partial charge in [0.25, 0.3) is 0 Å². The molecule has 0 radical (unpaired) electrons. The largest absolute Gasteiger partial charge is 0.508 e. The number of rotatable bonds is 1. The number of benzene rings is 1. The van der Waals surface area contributed by atoms with Crippen molar-refractivity contribution in [2.24, 2.45) is 0 Å². The molecule has 1 heterocycles. The second-order valence-corrected chi connectivity index (χ2v) is 2.84. The normalized spacial score (nSPS) is 10.2. The number of aryl methyl sites for hydroxylation is 1. The Morgan fingerprint density at radius 1 is 1.23 bits per heavy atom. The molecule has 1 N–H and O–H groups in total. The van der Waals surface area contributed by atoms with Gasteiger partial charge in [-0.05, 0) is 30.7 Å². The summed E-state index contributed by atoms with van der Waals surface area (Å²) in [4.78, 5) is 0. The predicted octanol–water partition coefficient (Wildman–Crippen LogP) is 1.28. The lowest BCUT2D eigenvalue weighted by molar-refractivity contribution is 0.471. The molecular formula is C9H9N3O. The molecule has 4 heteroatoms. The maximum absolute atomic E-state index is 9.30. The maximum Gasteiger partial charge on any atom is 0.123 e. The van der Waals surface area contributed by atoms with E-state index in [1.807, 2.05) is 19.1 Å². The molecule has 13 heavy (non-hydrogen) atoms. The lowest BCUT2D eigenvalue weighted by atomic mass is 10.2. The van der Waals surface area contributed by atoms with Crippen molar-refractivity contribution in [3.63, 3.8) is 0 Å². The first-order valence-electron chi connectivity index (χ1n) is 3.92.